The van der Waals surface area contributed by atoms with Gasteiger partial charge in [-0.1, -0.05) is 18.2 Å². The van der Waals surface area contributed by atoms with Gasteiger partial charge in [-0.3, -0.25) is 9.36 Å². The number of carbonyl (C=O) groups excluding carboxylic acids is 1. The van der Waals surface area contributed by atoms with Crippen molar-refractivity contribution >= 4 is 29.2 Å². The number of amides is 1. The molecule has 3 aromatic rings. The lowest BCUT2D eigenvalue weighted by Gasteiger charge is -2.12. The molecule has 0 fully saturated rings. The van der Waals surface area contributed by atoms with Gasteiger partial charge in [-0.2, -0.15) is 0 Å². The molecule has 0 aliphatic carbocycles. The van der Waals surface area contributed by atoms with E-state index in [1.54, 1.807) is 0 Å². The van der Waals surface area contributed by atoms with Crippen LogP contribution < -0.4 is 14.8 Å². The molecule has 1 N–H and O–H groups in total. The zero-order valence-corrected chi connectivity index (χ0v) is 17.6. The van der Waals surface area contributed by atoms with Gasteiger partial charge >= 0.3 is 0 Å². The van der Waals surface area contributed by atoms with Crippen LogP contribution in [-0.4, -0.2) is 30.2 Å². The van der Waals surface area contributed by atoms with Gasteiger partial charge in [-0.15, -0.1) is 0 Å². The van der Waals surface area contributed by atoms with Gasteiger partial charge in [0.1, 0.15) is 0 Å². The maximum atomic E-state index is 12.3. The number of fused-ring (bicyclic) bond motifs is 1. The Morgan fingerprint density at radius 2 is 1.86 bits per heavy atom. The molecule has 29 heavy (non-hydrogen) atoms. The third-order valence-corrected chi connectivity index (χ3v) is 4.78. The first-order valence-corrected chi connectivity index (χ1v) is 10.3. The summed E-state index contributed by atoms with van der Waals surface area (Å²) in [7, 11) is 0. The Labute approximate surface area is 175 Å². The number of ether oxygens (including phenoxy) is 2. The number of aromatic nitrogens is 1. The highest BCUT2D eigenvalue weighted by Crippen LogP contribution is 2.28. The Morgan fingerprint density at radius 3 is 2.66 bits per heavy atom. The molecular weight excluding hydrogens is 388 g/mol. The van der Waals surface area contributed by atoms with Crippen molar-refractivity contribution in [2.45, 2.75) is 33.2 Å². The zero-order chi connectivity index (χ0) is 20.6. The van der Waals surface area contributed by atoms with E-state index in [2.05, 4.69) is 5.32 Å². The predicted molar refractivity (Wildman–Crippen MR) is 115 cm³/mol. The summed E-state index contributed by atoms with van der Waals surface area (Å²) in [5, 5.41) is 2.96. The van der Waals surface area contributed by atoms with E-state index in [0.717, 1.165) is 28.2 Å². The number of carbonyl (C=O) groups is 1. The summed E-state index contributed by atoms with van der Waals surface area (Å²) in [5.74, 6) is 1.46. The van der Waals surface area contributed by atoms with Crippen molar-refractivity contribution in [1.29, 1.82) is 0 Å². The van der Waals surface area contributed by atoms with Crippen LogP contribution in [-0.2, 0) is 17.8 Å². The number of hydrogen-bond donors (Lipinski definition) is 1. The van der Waals surface area contributed by atoms with E-state index in [1.807, 2.05) is 60.9 Å². The van der Waals surface area contributed by atoms with Crippen molar-refractivity contribution in [3.63, 3.8) is 0 Å². The van der Waals surface area contributed by atoms with Gasteiger partial charge in [0.25, 0.3) is 4.84 Å². The first-order valence-electron chi connectivity index (χ1n) is 9.86. The number of aryl methyl sites for hydroxylation is 1. The lowest BCUT2D eigenvalue weighted by molar-refractivity contribution is -0.121. The number of para-hydroxylation sites is 2. The Bertz CT molecular complexity index is 1030. The molecule has 1 amide bonds. The van der Waals surface area contributed by atoms with Crippen LogP contribution in [0.25, 0.3) is 11.1 Å². The van der Waals surface area contributed by atoms with Crippen LogP contribution in [0, 0.1) is 4.84 Å². The maximum Gasteiger partial charge on any atom is 0.269 e. The molecule has 0 bridgehead atoms. The molecule has 0 aliphatic heterocycles. The Morgan fingerprint density at radius 1 is 1.10 bits per heavy atom. The third-order valence-electron chi connectivity index (χ3n) is 4.48. The normalized spacial score (nSPS) is 10.8. The number of nitrogens with zero attached hydrogens (tertiary/aromatic N) is 1. The molecule has 0 unspecified atom stereocenters. The van der Waals surface area contributed by atoms with E-state index in [4.69, 9.17) is 26.1 Å². The van der Waals surface area contributed by atoms with Gasteiger partial charge in [0.2, 0.25) is 5.91 Å². The summed E-state index contributed by atoms with van der Waals surface area (Å²) in [4.78, 5) is 12.6. The molecule has 154 valence electrons. The van der Waals surface area contributed by atoms with Gasteiger partial charge in [0.05, 0.1) is 18.7 Å². The highest BCUT2D eigenvalue weighted by atomic mass is 32.1. The second kappa shape index (κ2) is 10.1. The second-order valence-electron chi connectivity index (χ2n) is 6.48. The van der Waals surface area contributed by atoms with Crippen LogP contribution in [0.3, 0.4) is 0 Å². The molecule has 3 rings (SSSR count). The average molecular weight is 415 g/mol. The number of oxazole rings is 1. The summed E-state index contributed by atoms with van der Waals surface area (Å²) < 4.78 is 18.6. The van der Waals surface area contributed by atoms with Crippen LogP contribution in [0.2, 0.25) is 0 Å². The average Bonchev–Trinajstić information content (AvgIpc) is 3.03. The van der Waals surface area contributed by atoms with Crippen LogP contribution in [0.15, 0.2) is 46.9 Å². The molecule has 2 aromatic carbocycles. The van der Waals surface area contributed by atoms with Gasteiger partial charge in [-0.25, -0.2) is 0 Å². The van der Waals surface area contributed by atoms with Crippen molar-refractivity contribution in [1.82, 2.24) is 9.88 Å². The van der Waals surface area contributed by atoms with Gasteiger partial charge in [-0.05, 0) is 62.3 Å². The van der Waals surface area contributed by atoms with Crippen molar-refractivity contribution in [2.24, 2.45) is 0 Å². The largest absolute Gasteiger partial charge is 0.490 e. The standard InChI is InChI=1S/C22H26N2O4S/c1-3-26-19-10-9-16(15-20(19)27-4-2)11-13-23-21(25)12-14-24-17-7-5-6-8-18(17)28-22(24)29/h5-10,15H,3-4,11-14H2,1-2H3,(H,23,25). The summed E-state index contributed by atoms with van der Waals surface area (Å²) in [6, 6.07) is 13.5. The number of rotatable bonds is 10. The predicted octanol–water partition coefficient (Wildman–Crippen LogP) is 4.51. The van der Waals surface area contributed by atoms with Gasteiger partial charge in [0.15, 0.2) is 17.1 Å². The molecule has 0 atom stereocenters. The van der Waals surface area contributed by atoms with Crippen LogP contribution in [0.4, 0.5) is 0 Å². The molecule has 0 saturated carbocycles. The molecule has 1 heterocycles. The van der Waals surface area contributed by atoms with Crippen molar-refractivity contribution in [3.05, 3.63) is 52.9 Å². The van der Waals surface area contributed by atoms with Crippen molar-refractivity contribution < 1.29 is 18.7 Å². The Hall–Kier alpha value is -2.80. The monoisotopic (exact) mass is 414 g/mol. The highest BCUT2D eigenvalue weighted by Gasteiger charge is 2.09. The first kappa shape index (κ1) is 20.9. The SMILES string of the molecule is CCOc1ccc(CCNC(=O)CCn2c(=S)oc3ccccc32)cc1OCC. The fourth-order valence-corrected chi connectivity index (χ4v) is 3.40. The minimum absolute atomic E-state index is 0.0202. The summed E-state index contributed by atoms with van der Waals surface area (Å²) in [5.41, 5.74) is 2.72. The van der Waals surface area contributed by atoms with Gasteiger partial charge < -0.3 is 19.2 Å². The molecule has 7 heteroatoms. The molecule has 0 radical (unpaired) electrons. The Balaban J connectivity index is 1.51. The molecule has 1 aromatic heterocycles. The number of benzene rings is 2. The van der Waals surface area contributed by atoms with Crippen LogP contribution >= 0.6 is 12.2 Å². The minimum atomic E-state index is -0.0202. The van der Waals surface area contributed by atoms with E-state index in [1.165, 1.54) is 0 Å². The molecule has 0 aliphatic rings. The first-order chi connectivity index (χ1) is 14.1. The lowest BCUT2D eigenvalue weighted by Crippen LogP contribution is -2.26. The summed E-state index contributed by atoms with van der Waals surface area (Å²) in [6.07, 6.45) is 1.05. The topological polar surface area (TPSA) is 65.6 Å². The Kier molecular flexibility index (Phi) is 7.30. The fourth-order valence-electron chi connectivity index (χ4n) is 3.12. The highest BCUT2D eigenvalue weighted by molar-refractivity contribution is 7.71. The second-order valence-corrected chi connectivity index (χ2v) is 6.83. The number of hydrogen-bond acceptors (Lipinski definition) is 5. The lowest BCUT2D eigenvalue weighted by atomic mass is 10.1. The van der Waals surface area contributed by atoms with E-state index in [-0.39, 0.29) is 5.91 Å². The van der Waals surface area contributed by atoms with Crippen molar-refractivity contribution in [2.75, 3.05) is 19.8 Å². The summed E-state index contributed by atoms with van der Waals surface area (Å²) in [6.45, 7) is 6.09. The van der Waals surface area contributed by atoms with E-state index in [9.17, 15) is 4.79 Å². The molecular formula is C22H26N2O4S. The van der Waals surface area contributed by atoms with Crippen LogP contribution in [0.5, 0.6) is 11.5 Å². The summed E-state index contributed by atoms with van der Waals surface area (Å²) >= 11 is 5.26. The quantitative estimate of drug-likeness (QED) is 0.495. The third kappa shape index (κ3) is 5.38. The fraction of sp³-hybridized carbons (Fsp3) is 0.364. The smallest absolute Gasteiger partial charge is 0.269 e. The molecule has 0 spiro atoms. The maximum absolute atomic E-state index is 12.3. The molecule has 0 saturated heterocycles. The van der Waals surface area contributed by atoms with E-state index >= 15 is 0 Å². The van der Waals surface area contributed by atoms with Crippen molar-refractivity contribution in [3.8, 4) is 11.5 Å². The van der Waals surface area contributed by atoms with Crippen LogP contribution in [0.1, 0.15) is 25.8 Å². The molecule has 6 nitrogen and oxygen atoms in total. The van der Waals surface area contributed by atoms with E-state index < -0.39 is 0 Å². The zero-order valence-electron chi connectivity index (χ0n) is 16.8. The number of nitrogens with one attached hydrogen (secondary N) is 1. The minimum Gasteiger partial charge on any atom is -0.490 e. The van der Waals surface area contributed by atoms with E-state index in [0.29, 0.717) is 44.0 Å². The van der Waals surface area contributed by atoms with Gasteiger partial charge in [0, 0.05) is 19.5 Å².